The van der Waals surface area contributed by atoms with E-state index in [2.05, 4.69) is 11.1 Å². The van der Waals surface area contributed by atoms with Gasteiger partial charge in [-0.05, 0) is 19.1 Å². The van der Waals surface area contributed by atoms with Gasteiger partial charge in [-0.2, -0.15) is 5.26 Å². The lowest BCUT2D eigenvalue weighted by Gasteiger charge is -2.09. The molecule has 19 heavy (non-hydrogen) atoms. The molecule has 0 fully saturated rings. The zero-order valence-corrected chi connectivity index (χ0v) is 11.2. The zero-order valence-electron chi connectivity index (χ0n) is 10.4. The number of rotatable bonds is 4. The summed E-state index contributed by atoms with van der Waals surface area (Å²) in [5.41, 5.74) is 1.25. The van der Waals surface area contributed by atoms with Crippen molar-refractivity contribution in [3.05, 3.63) is 59.8 Å². The minimum Gasteiger partial charge on any atom is -0.293 e. The molecule has 2 aromatic rings. The fourth-order valence-corrected chi connectivity index (χ4v) is 2.54. The van der Waals surface area contributed by atoms with E-state index in [1.54, 1.807) is 30.5 Å². The number of Topliss-reactive ketones (excluding diaryl/α,β-unsaturated/α-hetero) is 1. The Morgan fingerprint density at radius 1 is 1.32 bits per heavy atom. The Morgan fingerprint density at radius 2 is 2.05 bits per heavy atom. The van der Waals surface area contributed by atoms with E-state index in [0.717, 1.165) is 0 Å². The number of hydrogen-bond acceptors (Lipinski definition) is 4. The van der Waals surface area contributed by atoms with Crippen LogP contribution in [0.3, 0.4) is 0 Å². The molecule has 1 unspecified atom stereocenters. The van der Waals surface area contributed by atoms with Crippen molar-refractivity contribution in [2.45, 2.75) is 17.2 Å². The lowest BCUT2D eigenvalue weighted by Crippen LogP contribution is -2.13. The SMILES string of the molecule is CC(Sc1cc(C#N)ccn1)C(=O)c1ccccc1. The molecule has 0 saturated heterocycles. The normalized spacial score (nSPS) is 11.6. The smallest absolute Gasteiger partial charge is 0.175 e. The number of benzene rings is 1. The molecule has 1 atom stereocenters. The van der Waals surface area contributed by atoms with Gasteiger partial charge in [0.05, 0.1) is 21.9 Å². The van der Waals surface area contributed by atoms with E-state index >= 15 is 0 Å². The summed E-state index contributed by atoms with van der Waals surface area (Å²) in [4.78, 5) is 16.4. The standard InChI is InChI=1S/C15H12N2OS/c1-11(15(18)13-5-3-2-4-6-13)19-14-9-12(10-16)7-8-17-14/h2-9,11H,1H3. The fourth-order valence-electron chi connectivity index (χ4n) is 1.62. The molecule has 1 heterocycles. The Balaban J connectivity index is 2.11. The maximum absolute atomic E-state index is 12.2. The van der Waals surface area contributed by atoms with Gasteiger partial charge in [0.25, 0.3) is 0 Å². The van der Waals surface area contributed by atoms with Gasteiger partial charge in [0.1, 0.15) is 0 Å². The van der Waals surface area contributed by atoms with Crippen LogP contribution in [0.1, 0.15) is 22.8 Å². The monoisotopic (exact) mass is 268 g/mol. The number of nitriles is 1. The summed E-state index contributed by atoms with van der Waals surface area (Å²) in [6.07, 6.45) is 1.58. The van der Waals surface area contributed by atoms with Crippen LogP contribution >= 0.6 is 11.8 Å². The second-order valence-electron chi connectivity index (χ2n) is 3.98. The van der Waals surface area contributed by atoms with Gasteiger partial charge in [-0.1, -0.05) is 42.1 Å². The van der Waals surface area contributed by atoms with Gasteiger partial charge < -0.3 is 0 Å². The lowest BCUT2D eigenvalue weighted by molar-refractivity contribution is 0.0994. The predicted octanol–water partition coefficient (Wildman–Crippen LogP) is 3.32. The van der Waals surface area contributed by atoms with Crippen molar-refractivity contribution in [3.8, 4) is 6.07 Å². The summed E-state index contributed by atoms with van der Waals surface area (Å²) in [5, 5.41) is 9.29. The molecule has 0 spiro atoms. The molecular weight excluding hydrogens is 256 g/mol. The van der Waals surface area contributed by atoms with Crippen LogP contribution < -0.4 is 0 Å². The van der Waals surface area contributed by atoms with Crippen molar-refractivity contribution in [1.29, 1.82) is 5.26 Å². The van der Waals surface area contributed by atoms with Crippen molar-refractivity contribution in [2.24, 2.45) is 0 Å². The lowest BCUT2D eigenvalue weighted by atomic mass is 10.1. The highest BCUT2D eigenvalue weighted by atomic mass is 32.2. The van der Waals surface area contributed by atoms with Gasteiger partial charge in [-0.15, -0.1) is 0 Å². The van der Waals surface area contributed by atoms with Crippen molar-refractivity contribution in [2.75, 3.05) is 0 Å². The molecule has 4 heteroatoms. The Morgan fingerprint density at radius 3 is 2.74 bits per heavy atom. The van der Waals surface area contributed by atoms with Crippen LogP contribution in [0, 0.1) is 11.3 Å². The average Bonchev–Trinajstić information content (AvgIpc) is 2.47. The summed E-state index contributed by atoms with van der Waals surface area (Å²) in [6, 6.07) is 14.6. The molecule has 0 N–H and O–H groups in total. The van der Waals surface area contributed by atoms with Crippen molar-refractivity contribution in [1.82, 2.24) is 4.98 Å². The first-order chi connectivity index (χ1) is 9.20. The highest BCUT2D eigenvalue weighted by molar-refractivity contribution is 8.00. The van der Waals surface area contributed by atoms with E-state index in [1.165, 1.54) is 11.8 Å². The van der Waals surface area contributed by atoms with Crippen LogP contribution in [-0.4, -0.2) is 16.0 Å². The van der Waals surface area contributed by atoms with Gasteiger partial charge in [0, 0.05) is 11.8 Å². The van der Waals surface area contributed by atoms with E-state index in [-0.39, 0.29) is 11.0 Å². The number of thioether (sulfide) groups is 1. The minimum atomic E-state index is -0.233. The number of aromatic nitrogens is 1. The number of hydrogen-bond donors (Lipinski definition) is 0. The van der Waals surface area contributed by atoms with Crippen molar-refractivity contribution < 1.29 is 4.79 Å². The van der Waals surface area contributed by atoms with Crippen LogP contribution in [0.4, 0.5) is 0 Å². The molecule has 1 aromatic heterocycles. The van der Waals surface area contributed by atoms with Crippen LogP contribution in [0.5, 0.6) is 0 Å². The largest absolute Gasteiger partial charge is 0.293 e. The third-order valence-corrected chi connectivity index (χ3v) is 3.62. The van der Waals surface area contributed by atoms with Crippen LogP contribution in [0.15, 0.2) is 53.7 Å². The fraction of sp³-hybridized carbons (Fsp3) is 0.133. The summed E-state index contributed by atoms with van der Waals surface area (Å²) < 4.78 is 0. The van der Waals surface area contributed by atoms with Crippen molar-refractivity contribution in [3.63, 3.8) is 0 Å². The molecular formula is C15H12N2OS. The van der Waals surface area contributed by atoms with Crippen molar-refractivity contribution >= 4 is 17.5 Å². The molecule has 2 rings (SSSR count). The molecule has 94 valence electrons. The molecule has 0 bridgehead atoms. The molecule has 0 saturated carbocycles. The molecule has 0 aliphatic heterocycles. The Kier molecular flexibility index (Phi) is 4.32. The van der Waals surface area contributed by atoms with Gasteiger partial charge >= 0.3 is 0 Å². The first-order valence-corrected chi connectivity index (χ1v) is 6.71. The third kappa shape index (κ3) is 3.43. The summed E-state index contributed by atoms with van der Waals surface area (Å²) in [5.74, 6) is 0.0646. The topological polar surface area (TPSA) is 53.8 Å². The zero-order chi connectivity index (χ0) is 13.7. The third-order valence-electron chi connectivity index (χ3n) is 2.59. The molecule has 0 radical (unpaired) electrons. The second-order valence-corrected chi connectivity index (χ2v) is 5.35. The Hall–Kier alpha value is -2.12. The van der Waals surface area contributed by atoms with E-state index in [1.807, 2.05) is 25.1 Å². The van der Waals surface area contributed by atoms with E-state index in [9.17, 15) is 4.79 Å². The van der Waals surface area contributed by atoms with Crippen LogP contribution in [-0.2, 0) is 0 Å². The predicted molar refractivity (Wildman–Crippen MR) is 75.0 cm³/mol. The van der Waals surface area contributed by atoms with E-state index in [0.29, 0.717) is 16.2 Å². The number of carbonyl (C=O) groups excluding carboxylic acids is 1. The Bertz CT molecular complexity index is 620. The molecule has 0 aliphatic carbocycles. The molecule has 1 aromatic carbocycles. The number of carbonyl (C=O) groups is 1. The summed E-state index contributed by atoms with van der Waals surface area (Å²) in [7, 11) is 0. The molecule has 3 nitrogen and oxygen atoms in total. The van der Waals surface area contributed by atoms with E-state index in [4.69, 9.17) is 5.26 Å². The average molecular weight is 268 g/mol. The number of pyridine rings is 1. The van der Waals surface area contributed by atoms with Gasteiger partial charge in [-0.3, -0.25) is 4.79 Å². The molecule has 0 aliphatic rings. The highest BCUT2D eigenvalue weighted by Crippen LogP contribution is 2.24. The highest BCUT2D eigenvalue weighted by Gasteiger charge is 2.16. The quantitative estimate of drug-likeness (QED) is 0.630. The summed E-state index contributed by atoms with van der Waals surface area (Å²) in [6.45, 7) is 1.85. The van der Waals surface area contributed by atoms with Crippen LogP contribution in [0.2, 0.25) is 0 Å². The minimum absolute atomic E-state index is 0.0646. The van der Waals surface area contributed by atoms with Crippen LogP contribution in [0.25, 0.3) is 0 Å². The van der Waals surface area contributed by atoms with E-state index < -0.39 is 0 Å². The summed E-state index contributed by atoms with van der Waals surface area (Å²) >= 11 is 1.36. The van der Waals surface area contributed by atoms with Gasteiger partial charge in [0.15, 0.2) is 5.78 Å². The number of ketones is 1. The first-order valence-electron chi connectivity index (χ1n) is 5.83. The number of nitrogens with zero attached hydrogens (tertiary/aromatic N) is 2. The van der Waals surface area contributed by atoms with Gasteiger partial charge in [0.2, 0.25) is 0 Å². The Labute approximate surface area is 116 Å². The second kappa shape index (κ2) is 6.17. The molecule has 0 amide bonds. The first kappa shape index (κ1) is 13.3. The maximum Gasteiger partial charge on any atom is 0.175 e. The van der Waals surface area contributed by atoms with Gasteiger partial charge in [-0.25, -0.2) is 4.98 Å². The maximum atomic E-state index is 12.2.